The minimum Gasteiger partial charge on any atom is -0.399 e. The van der Waals surface area contributed by atoms with E-state index >= 15 is 0 Å². The summed E-state index contributed by atoms with van der Waals surface area (Å²) in [4.78, 5) is 0. The van der Waals surface area contributed by atoms with Crippen molar-refractivity contribution in [2.75, 3.05) is 0 Å². The van der Waals surface area contributed by atoms with Crippen molar-refractivity contribution in [1.29, 1.82) is 5.26 Å². The highest BCUT2D eigenvalue weighted by molar-refractivity contribution is 9.10. The Morgan fingerprint density at radius 2 is 2.36 bits per heavy atom. The van der Waals surface area contributed by atoms with Gasteiger partial charge in [0, 0.05) is 15.1 Å². The van der Waals surface area contributed by atoms with Crippen LogP contribution in [0.4, 0.5) is 0 Å². The predicted octanol–water partition coefficient (Wildman–Crippen LogP) is 3.35. The van der Waals surface area contributed by atoms with Crippen LogP contribution in [0.3, 0.4) is 0 Å². The van der Waals surface area contributed by atoms with Crippen molar-refractivity contribution in [3.05, 3.63) is 33.3 Å². The molecule has 0 aromatic heterocycles. The van der Waals surface area contributed by atoms with Gasteiger partial charge in [-0.3, -0.25) is 0 Å². The quantitative estimate of drug-likeness (QED) is 0.799. The van der Waals surface area contributed by atoms with Gasteiger partial charge in [-0.15, -0.1) is 0 Å². The number of nitrogens with zero attached hydrogens (tertiary/aromatic N) is 1. The van der Waals surface area contributed by atoms with Gasteiger partial charge < -0.3 is 4.43 Å². The van der Waals surface area contributed by atoms with Crippen LogP contribution in [-0.4, -0.2) is 9.76 Å². The van der Waals surface area contributed by atoms with Gasteiger partial charge in [-0.2, -0.15) is 5.26 Å². The van der Waals surface area contributed by atoms with Crippen molar-refractivity contribution in [2.24, 2.45) is 0 Å². The fourth-order valence-corrected chi connectivity index (χ4v) is 2.18. The van der Waals surface area contributed by atoms with Crippen LogP contribution < -0.4 is 0 Å². The highest BCUT2D eigenvalue weighted by Crippen LogP contribution is 2.27. The van der Waals surface area contributed by atoms with Crippen LogP contribution in [-0.2, 0) is 4.43 Å². The van der Waals surface area contributed by atoms with Crippen LogP contribution in [0.15, 0.2) is 22.7 Å². The van der Waals surface area contributed by atoms with Gasteiger partial charge in [-0.1, -0.05) is 33.6 Å². The van der Waals surface area contributed by atoms with E-state index in [1.807, 2.05) is 12.6 Å². The topological polar surface area (TPSA) is 33.0 Å². The molecule has 0 aliphatic heterocycles. The standard InChI is InChI=1S/C9H7BrClNOSi/c1-14-13-9(5-12)7-3-2-6(10)4-8(7)11/h2-4,9H,1H3. The molecule has 0 spiro atoms. The average molecular weight is 289 g/mol. The minimum atomic E-state index is -0.570. The molecule has 0 fully saturated rings. The molecule has 0 aliphatic carbocycles. The van der Waals surface area contributed by atoms with E-state index in [2.05, 4.69) is 22.0 Å². The van der Waals surface area contributed by atoms with Crippen molar-refractivity contribution in [2.45, 2.75) is 12.7 Å². The second kappa shape index (κ2) is 5.52. The van der Waals surface area contributed by atoms with Gasteiger partial charge in [-0.05, 0) is 18.7 Å². The molecule has 0 saturated carbocycles. The Kier molecular flexibility index (Phi) is 4.62. The van der Waals surface area contributed by atoms with Crippen molar-refractivity contribution < 1.29 is 4.43 Å². The third-order valence-electron chi connectivity index (χ3n) is 1.60. The summed E-state index contributed by atoms with van der Waals surface area (Å²) in [6.07, 6.45) is -0.570. The molecular formula is C9H7BrClNOSi. The van der Waals surface area contributed by atoms with Crippen LogP contribution in [0.1, 0.15) is 11.7 Å². The van der Waals surface area contributed by atoms with Gasteiger partial charge in [-0.25, -0.2) is 0 Å². The molecule has 0 aliphatic rings. The summed E-state index contributed by atoms with van der Waals surface area (Å²) in [6.45, 7) is 1.87. The second-order valence-corrected chi connectivity index (χ2v) is 4.46. The summed E-state index contributed by atoms with van der Waals surface area (Å²) in [5, 5.41) is 9.41. The summed E-state index contributed by atoms with van der Waals surface area (Å²) in [6, 6.07) is 7.45. The first-order valence-electron chi connectivity index (χ1n) is 3.86. The maximum Gasteiger partial charge on any atom is 0.228 e. The van der Waals surface area contributed by atoms with E-state index in [-0.39, 0.29) is 9.76 Å². The molecule has 2 nitrogen and oxygen atoms in total. The van der Waals surface area contributed by atoms with Crippen LogP contribution in [0.25, 0.3) is 0 Å². The van der Waals surface area contributed by atoms with Gasteiger partial charge in [0.1, 0.15) is 0 Å². The third-order valence-corrected chi connectivity index (χ3v) is 2.89. The van der Waals surface area contributed by atoms with E-state index in [0.29, 0.717) is 10.6 Å². The lowest BCUT2D eigenvalue weighted by Crippen LogP contribution is -2.04. The van der Waals surface area contributed by atoms with Gasteiger partial charge in [0.25, 0.3) is 0 Å². The Labute approximate surface area is 98.9 Å². The van der Waals surface area contributed by atoms with Gasteiger partial charge in [0.15, 0.2) is 6.10 Å². The van der Waals surface area contributed by atoms with Crippen LogP contribution >= 0.6 is 27.5 Å². The smallest absolute Gasteiger partial charge is 0.228 e. The van der Waals surface area contributed by atoms with Crippen LogP contribution in [0, 0.1) is 11.3 Å². The van der Waals surface area contributed by atoms with Crippen molar-refractivity contribution in [3.63, 3.8) is 0 Å². The Bertz CT molecular complexity index is 366. The first kappa shape index (κ1) is 11.7. The van der Waals surface area contributed by atoms with Crippen molar-refractivity contribution >= 4 is 37.3 Å². The van der Waals surface area contributed by atoms with Gasteiger partial charge in [0.2, 0.25) is 9.76 Å². The second-order valence-electron chi connectivity index (χ2n) is 2.50. The van der Waals surface area contributed by atoms with E-state index < -0.39 is 6.10 Å². The zero-order chi connectivity index (χ0) is 10.6. The van der Waals surface area contributed by atoms with Gasteiger partial charge >= 0.3 is 0 Å². The summed E-state index contributed by atoms with van der Waals surface area (Å²) < 4.78 is 6.16. The molecule has 0 saturated heterocycles. The molecule has 1 unspecified atom stereocenters. The molecule has 1 rings (SSSR count). The molecule has 0 bridgehead atoms. The Balaban J connectivity index is 3.00. The summed E-state index contributed by atoms with van der Waals surface area (Å²) in [5.74, 6) is 0. The molecule has 1 aromatic carbocycles. The number of nitriles is 1. The first-order valence-corrected chi connectivity index (χ1v) is 6.44. The number of benzene rings is 1. The number of hydrogen-bond donors (Lipinski definition) is 0. The first-order chi connectivity index (χ1) is 6.69. The molecule has 72 valence electrons. The Morgan fingerprint density at radius 1 is 1.64 bits per heavy atom. The van der Waals surface area contributed by atoms with E-state index in [1.165, 1.54) is 0 Å². The number of hydrogen-bond acceptors (Lipinski definition) is 2. The maximum atomic E-state index is 8.86. The van der Waals surface area contributed by atoms with Crippen molar-refractivity contribution in [1.82, 2.24) is 0 Å². The zero-order valence-corrected chi connectivity index (χ0v) is 10.8. The largest absolute Gasteiger partial charge is 0.399 e. The van der Waals surface area contributed by atoms with Crippen LogP contribution in [0.5, 0.6) is 0 Å². The SMILES string of the molecule is C[Si]OC(C#N)c1ccc(Br)cc1Cl. The summed E-state index contributed by atoms with van der Waals surface area (Å²) in [5.41, 5.74) is 0.715. The normalized spacial score (nSPS) is 12.1. The summed E-state index contributed by atoms with van der Waals surface area (Å²) >= 11 is 9.28. The molecule has 1 atom stereocenters. The minimum absolute atomic E-state index is 0.271. The third kappa shape index (κ3) is 2.82. The van der Waals surface area contributed by atoms with E-state index in [0.717, 1.165) is 4.47 Å². The molecule has 5 heteroatoms. The van der Waals surface area contributed by atoms with Crippen LogP contribution in [0.2, 0.25) is 11.6 Å². The molecule has 0 N–H and O–H groups in total. The lowest BCUT2D eigenvalue weighted by Gasteiger charge is -2.10. The van der Waals surface area contributed by atoms with E-state index in [9.17, 15) is 0 Å². The lowest BCUT2D eigenvalue weighted by molar-refractivity contribution is 0.280. The highest BCUT2D eigenvalue weighted by atomic mass is 79.9. The lowest BCUT2D eigenvalue weighted by atomic mass is 10.1. The molecular weight excluding hydrogens is 282 g/mol. The monoisotopic (exact) mass is 287 g/mol. The number of halogens is 2. The highest BCUT2D eigenvalue weighted by Gasteiger charge is 2.13. The molecule has 0 amide bonds. The zero-order valence-electron chi connectivity index (χ0n) is 7.42. The predicted molar refractivity (Wildman–Crippen MR) is 60.2 cm³/mol. The Morgan fingerprint density at radius 3 is 2.86 bits per heavy atom. The molecule has 14 heavy (non-hydrogen) atoms. The van der Waals surface area contributed by atoms with Crippen molar-refractivity contribution in [3.8, 4) is 6.07 Å². The fraction of sp³-hybridized carbons (Fsp3) is 0.222. The molecule has 2 radical (unpaired) electrons. The van der Waals surface area contributed by atoms with Gasteiger partial charge in [0.05, 0.1) is 6.07 Å². The average Bonchev–Trinajstić information content (AvgIpc) is 2.15. The molecule has 0 heterocycles. The summed E-state index contributed by atoms with van der Waals surface area (Å²) in [7, 11) is 0.271. The molecule has 1 aromatic rings. The Hall–Kier alpha value is -0.343. The number of rotatable bonds is 3. The maximum absolute atomic E-state index is 8.86. The van der Waals surface area contributed by atoms with E-state index in [4.69, 9.17) is 21.3 Å². The van der Waals surface area contributed by atoms with E-state index in [1.54, 1.807) is 12.1 Å². The fourth-order valence-electron chi connectivity index (χ4n) is 0.991.